The van der Waals surface area contributed by atoms with Gasteiger partial charge in [-0.15, -0.1) is 0 Å². The normalized spacial score (nSPS) is 13.3. The van der Waals surface area contributed by atoms with Crippen molar-refractivity contribution in [2.45, 2.75) is 26.9 Å². The fourth-order valence-corrected chi connectivity index (χ4v) is 3.52. The van der Waals surface area contributed by atoms with Gasteiger partial charge in [0.15, 0.2) is 6.79 Å². The van der Waals surface area contributed by atoms with Crippen molar-refractivity contribution in [2.75, 3.05) is 13.3 Å². The summed E-state index contributed by atoms with van der Waals surface area (Å²) in [4.78, 5) is 16.0. The average molecular weight is 368 g/mol. The molecule has 0 spiro atoms. The van der Waals surface area contributed by atoms with Crippen LogP contribution in [0, 0.1) is 19.7 Å². The van der Waals surface area contributed by atoms with Crippen LogP contribution in [0.4, 0.5) is 4.39 Å². The highest BCUT2D eigenvalue weighted by Gasteiger charge is 2.18. The summed E-state index contributed by atoms with van der Waals surface area (Å²) >= 11 is 0. The summed E-state index contributed by atoms with van der Waals surface area (Å²) in [6.07, 6.45) is 0.477. The van der Waals surface area contributed by atoms with Crippen LogP contribution in [0.25, 0.3) is 10.9 Å². The number of para-hydroxylation sites is 1. The van der Waals surface area contributed by atoms with Crippen LogP contribution in [0.15, 0.2) is 30.3 Å². The van der Waals surface area contributed by atoms with Gasteiger partial charge >= 0.3 is 0 Å². The van der Waals surface area contributed by atoms with E-state index in [0.29, 0.717) is 36.4 Å². The molecule has 1 aliphatic heterocycles. The van der Waals surface area contributed by atoms with Crippen LogP contribution in [0.3, 0.4) is 0 Å². The van der Waals surface area contributed by atoms with Gasteiger partial charge in [-0.2, -0.15) is 0 Å². The smallest absolute Gasteiger partial charge is 0.253 e. The van der Waals surface area contributed by atoms with Gasteiger partial charge in [0.25, 0.3) is 5.91 Å². The molecule has 1 aliphatic rings. The Morgan fingerprint density at radius 1 is 1.30 bits per heavy atom. The molecule has 0 radical (unpaired) electrons. The van der Waals surface area contributed by atoms with Crippen LogP contribution in [0.2, 0.25) is 0 Å². The number of nitrogens with one attached hydrogen (secondary N) is 2. The third-order valence-electron chi connectivity index (χ3n) is 5.02. The van der Waals surface area contributed by atoms with Crippen molar-refractivity contribution in [1.29, 1.82) is 0 Å². The third kappa shape index (κ3) is 3.28. The largest absolute Gasteiger partial charge is 0.467 e. The number of benzene rings is 2. The molecule has 2 N–H and O–H groups in total. The van der Waals surface area contributed by atoms with Crippen LogP contribution in [0.5, 0.6) is 5.75 Å². The molecule has 1 aromatic heterocycles. The Morgan fingerprint density at radius 2 is 2.15 bits per heavy atom. The first kappa shape index (κ1) is 17.5. The lowest BCUT2D eigenvalue weighted by Crippen LogP contribution is -2.26. The Kier molecular flexibility index (Phi) is 4.58. The minimum absolute atomic E-state index is 0.156. The van der Waals surface area contributed by atoms with E-state index in [1.807, 2.05) is 26.0 Å². The molecule has 2 heterocycles. The lowest BCUT2D eigenvalue weighted by Gasteiger charge is -2.21. The highest BCUT2D eigenvalue weighted by atomic mass is 19.1. The Labute approximate surface area is 156 Å². The summed E-state index contributed by atoms with van der Waals surface area (Å²) in [6.45, 7) is 4.90. The van der Waals surface area contributed by atoms with Crippen LogP contribution < -0.4 is 10.1 Å². The summed E-state index contributed by atoms with van der Waals surface area (Å²) in [7, 11) is 0. The van der Waals surface area contributed by atoms with Gasteiger partial charge in [0.05, 0.1) is 17.7 Å². The molecule has 0 fully saturated rings. The Bertz CT molecular complexity index is 1030. The molecular weight excluding hydrogens is 347 g/mol. The van der Waals surface area contributed by atoms with Crippen molar-refractivity contribution in [2.24, 2.45) is 0 Å². The Balaban J connectivity index is 1.50. The number of hydrogen-bond acceptors (Lipinski definition) is 3. The number of H-pyrrole nitrogens is 1. The van der Waals surface area contributed by atoms with Gasteiger partial charge in [-0.05, 0) is 49.6 Å². The van der Waals surface area contributed by atoms with E-state index in [2.05, 4.69) is 10.3 Å². The van der Waals surface area contributed by atoms with Crippen LogP contribution in [-0.4, -0.2) is 24.2 Å². The van der Waals surface area contributed by atoms with E-state index in [-0.39, 0.29) is 18.5 Å². The number of fused-ring (bicyclic) bond motifs is 2. The first-order valence-electron chi connectivity index (χ1n) is 8.92. The highest BCUT2D eigenvalue weighted by molar-refractivity contribution is 6.06. The highest BCUT2D eigenvalue weighted by Crippen LogP contribution is 2.29. The van der Waals surface area contributed by atoms with Crippen LogP contribution >= 0.6 is 0 Å². The number of halogens is 1. The van der Waals surface area contributed by atoms with Gasteiger partial charge < -0.3 is 19.8 Å². The predicted octanol–water partition coefficient (Wildman–Crippen LogP) is 3.76. The maximum atomic E-state index is 13.8. The Hall–Kier alpha value is -2.86. The fraction of sp³-hybridized carbons (Fsp3) is 0.286. The first-order chi connectivity index (χ1) is 13.0. The molecule has 140 valence electrons. The van der Waals surface area contributed by atoms with Gasteiger partial charge in [0.2, 0.25) is 0 Å². The van der Waals surface area contributed by atoms with Gasteiger partial charge in [0, 0.05) is 23.2 Å². The number of hydrogen-bond donors (Lipinski definition) is 2. The van der Waals surface area contributed by atoms with Crippen molar-refractivity contribution >= 4 is 16.8 Å². The quantitative estimate of drug-likeness (QED) is 0.737. The molecule has 5 nitrogen and oxygen atoms in total. The third-order valence-corrected chi connectivity index (χ3v) is 5.02. The number of carbonyl (C=O) groups is 1. The van der Waals surface area contributed by atoms with Gasteiger partial charge in [-0.25, -0.2) is 4.39 Å². The zero-order valence-corrected chi connectivity index (χ0v) is 15.3. The van der Waals surface area contributed by atoms with E-state index >= 15 is 0 Å². The topological polar surface area (TPSA) is 63.4 Å². The molecule has 0 bridgehead atoms. The SMILES string of the molecule is Cc1[nH]c2c(C(=O)NCCc3cc(F)cc4c3OCOC4)cccc2c1C. The van der Waals surface area contributed by atoms with Crippen molar-refractivity contribution in [3.05, 3.63) is 64.1 Å². The standard InChI is InChI=1S/C21H21FN2O3/c1-12-13(2)24-19-17(12)4-3-5-18(19)21(25)23-7-6-14-8-16(22)9-15-10-26-11-27-20(14)15/h3-5,8-9,24H,6-7,10-11H2,1-2H3,(H,23,25). The van der Waals surface area contributed by atoms with Crippen molar-refractivity contribution < 1.29 is 18.7 Å². The maximum absolute atomic E-state index is 13.8. The first-order valence-corrected chi connectivity index (χ1v) is 8.92. The molecule has 2 aromatic carbocycles. The number of aryl methyl sites for hydroxylation is 2. The number of carbonyl (C=O) groups excluding carboxylic acids is 1. The predicted molar refractivity (Wildman–Crippen MR) is 100 cm³/mol. The molecule has 27 heavy (non-hydrogen) atoms. The Morgan fingerprint density at radius 3 is 3.00 bits per heavy atom. The van der Waals surface area contributed by atoms with Gasteiger partial charge in [-0.3, -0.25) is 4.79 Å². The molecule has 0 saturated heterocycles. The van der Waals surface area contributed by atoms with E-state index < -0.39 is 0 Å². The van der Waals surface area contributed by atoms with Crippen molar-refractivity contribution in [3.8, 4) is 5.75 Å². The van der Waals surface area contributed by atoms with E-state index in [9.17, 15) is 9.18 Å². The molecule has 0 atom stereocenters. The molecule has 3 aromatic rings. The number of amides is 1. The summed E-state index contributed by atoms with van der Waals surface area (Å²) in [6, 6.07) is 8.57. The second kappa shape index (κ2) is 7.04. The molecule has 4 rings (SSSR count). The molecule has 0 saturated carbocycles. The summed E-state index contributed by atoms with van der Waals surface area (Å²) in [5.74, 6) is 0.178. The number of aromatic amines is 1. The van der Waals surface area contributed by atoms with Crippen LogP contribution in [0.1, 0.15) is 32.7 Å². The zero-order chi connectivity index (χ0) is 19.0. The number of aromatic nitrogens is 1. The van der Waals surface area contributed by atoms with Crippen molar-refractivity contribution in [3.63, 3.8) is 0 Å². The molecular formula is C21H21FN2O3. The second-order valence-electron chi connectivity index (χ2n) is 6.77. The number of rotatable bonds is 4. The van der Waals surface area contributed by atoms with E-state index in [4.69, 9.17) is 9.47 Å². The van der Waals surface area contributed by atoms with E-state index in [1.54, 1.807) is 6.07 Å². The monoisotopic (exact) mass is 368 g/mol. The molecule has 1 amide bonds. The summed E-state index contributed by atoms with van der Waals surface area (Å²) < 4.78 is 24.5. The molecule has 6 heteroatoms. The van der Waals surface area contributed by atoms with Crippen molar-refractivity contribution in [1.82, 2.24) is 10.3 Å². The summed E-state index contributed by atoms with van der Waals surface area (Å²) in [5.41, 5.74) is 5.08. The minimum Gasteiger partial charge on any atom is -0.467 e. The zero-order valence-electron chi connectivity index (χ0n) is 15.3. The average Bonchev–Trinajstić information content (AvgIpc) is 2.95. The molecule has 0 aliphatic carbocycles. The van der Waals surface area contributed by atoms with Gasteiger partial charge in [-0.1, -0.05) is 12.1 Å². The van der Waals surface area contributed by atoms with Crippen LogP contribution in [-0.2, 0) is 17.8 Å². The lowest BCUT2D eigenvalue weighted by atomic mass is 10.0. The van der Waals surface area contributed by atoms with Gasteiger partial charge in [0.1, 0.15) is 11.6 Å². The van der Waals surface area contributed by atoms with E-state index in [0.717, 1.165) is 27.7 Å². The number of ether oxygens (including phenoxy) is 2. The lowest BCUT2D eigenvalue weighted by molar-refractivity contribution is -0.0172. The molecule has 0 unspecified atom stereocenters. The second-order valence-corrected chi connectivity index (χ2v) is 6.77. The summed E-state index contributed by atoms with van der Waals surface area (Å²) in [5, 5.41) is 3.98. The van der Waals surface area contributed by atoms with E-state index in [1.165, 1.54) is 12.1 Å². The minimum atomic E-state index is -0.328. The fourth-order valence-electron chi connectivity index (χ4n) is 3.52. The maximum Gasteiger partial charge on any atom is 0.253 e.